The van der Waals surface area contributed by atoms with Crippen molar-refractivity contribution in [3.63, 3.8) is 0 Å². The SMILES string of the molecule is O=C(O)C(COc1ccccc1)C(C(=O)O)P(=O)(O)O. The smallest absolute Gasteiger partial charge is 0.340 e. The summed E-state index contributed by atoms with van der Waals surface area (Å²) in [7, 11) is -5.12. The van der Waals surface area contributed by atoms with Crippen molar-refractivity contribution < 1.29 is 38.9 Å². The summed E-state index contributed by atoms with van der Waals surface area (Å²) in [5.41, 5.74) is -2.36. The average molecular weight is 304 g/mol. The summed E-state index contributed by atoms with van der Waals surface area (Å²) in [6.45, 7) is -0.665. The number of para-hydroxylation sites is 1. The summed E-state index contributed by atoms with van der Waals surface area (Å²) in [5, 5.41) is 17.8. The first kappa shape index (κ1) is 16.2. The highest BCUT2D eigenvalue weighted by molar-refractivity contribution is 7.53. The fourth-order valence-corrected chi connectivity index (χ4v) is 2.52. The topological polar surface area (TPSA) is 141 Å². The molecule has 0 heterocycles. The quantitative estimate of drug-likeness (QED) is 0.530. The maximum Gasteiger partial charge on any atom is 0.340 e. The third-order valence-electron chi connectivity index (χ3n) is 2.49. The maximum absolute atomic E-state index is 11.1. The summed E-state index contributed by atoms with van der Waals surface area (Å²) in [4.78, 5) is 39.9. The molecule has 0 aliphatic rings. The maximum atomic E-state index is 11.1. The summed E-state index contributed by atoms with van der Waals surface area (Å²) in [6.07, 6.45) is 0. The van der Waals surface area contributed by atoms with Gasteiger partial charge < -0.3 is 24.7 Å². The molecule has 0 saturated carbocycles. The van der Waals surface area contributed by atoms with E-state index in [-0.39, 0.29) is 5.75 Å². The zero-order chi connectivity index (χ0) is 15.3. The van der Waals surface area contributed by atoms with Gasteiger partial charge in [-0.15, -0.1) is 0 Å². The molecule has 0 radical (unpaired) electrons. The molecule has 2 unspecified atom stereocenters. The van der Waals surface area contributed by atoms with Gasteiger partial charge in [0.2, 0.25) is 0 Å². The third-order valence-corrected chi connectivity index (χ3v) is 3.79. The highest BCUT2D eigenvalue weighted by Gasteiger charge is 2.46. The number of hydrogen-bond acceptors (Lipinski definition) is 4. The van der Waals surface area contributed by atoms with Gasteiger partial charge in [0.15, 0.2) is 5.66 Å². The molecule has 0 bridgehead atoms. The van der Waals surface area contributed by atoms with Crippen LogP contribution in [-0.4, -0.2) is 44.2 Å². The minimum Gasteiger partial charge on any atom is -0.493 e. The number of benzene rings is 1. The van der Waals surface area contributed by atoms with Crippen LogP contribution in [0, 0.1) is 5.92 Å². The monoisotopic (exact) mass is 304 g/mol. The lowest BCUT2D eigenvalue weighted by Gasteiger charge is -2.21. The van der Waals surface area contributed by atoms with Crippen LogP contribution in [0.25, 0.3) is 0 Å². The Morgan fingerprint density at radius 1 is 1.10 bits per heavy atom. The summed E-state index contributed by atoms with van der Waals surface area (Å²) >= 11 is 0. The number of carbonyl (C=O) groups is 2. The van der Waals surface area contributed by atoms with Crippen LogP contribution < -0.4 is 4.74 Å². The number of carboxylic acids is 2. The lowest BCUT2D eigenvalue weighted by atomic mass is 10.1. The van der Waals surface area contributed by atoms with Crippen LogP contribution in [0.1, 0.15) is 0 Å². The molecule has 0 spiro atoms. The van der Waals surface area contributed by atoms with E-state index in [1.165, 1.54) is 12.1 Å². The van der Waals surface area contributed by atoms with Crippen LogP contribution in [0.4, 0.5) is 0 Å². The molecule has 9 heteroatoms. The normalized spacial score (nSPS) is 14.3. The fraction of sp³-hybridized carbons (Fsp3) is 0.273. The largest absolute Gasteiger partial charge is 0.493 e. The van der Waals surface area contributed by atoms with Crippen molar-refractivity contribution in [2.24, 2.45) is 5.92 Å². The van der Waals surface area contributed by atoms with Gasteiger partial charge in [0.1, 0.15) is 18.3 Å². The van der Waals surface area contributed by atoms with Gasteiger partial charge in [-0.2, -0.15) is 0 Å². The van der Waals surface area contributed by atoms with Crippen LogP contribution >= 0.6 is 7.60 Å². The Bertz CT molecular complexity index is 522. The number of ether oxygens (including phenoxy) is 1. The van der Waals surface area contributed by atoms with Crippen LogP contribution in [0.2, 0.25) is 0 Å². The standard InChI is InChI=1S/C11H13O8P/c12-10(13)8(9(11(14)15)20(16,17)18)6-19-7-4-2-1-3-5-7/h1-5,8-9H,6H2,(H,12,13)(H,14,15)(H2,16,17,18). The molecular weight excluding hydrogens is 291 g/mol. The number of hydrogen-bond donors (Lipinski definition) is 4. The minimum atomic E-state index is -5.12. The first-order valence-electron chi connectivity index (χ1n) is 5.42. The van der Waals surface area contributed by atoms with Crippen molar-refractivity contribution in [1.29, 1.82) is 0 Å². The summed E-state index contributed by atoms with van der Waals surface area (Å²) in [6, 6.07) is 7.93. The molecule has 8 nitrogen and oxygen atoms in total. The number of aliphatic carboxylic acids is 2. The van der Waals surface area contributed by atoms with Gasteiger partial charge in [-0.1, -0.05) is 18.2 Å². The number of rotatable bonds is 7. The Kier molecular flexibility index (Phi) is 5.26. The van der Waals surface area contributed by atoms with Gasteiger partial charge >= 0.3 is 19.5 Å². The second-order valence-corrected chi connectivity index (χ2v) is 5.68. The van der Waals surface area contributed by atoms with Crippen molar-refractivity contribution in [3.05, 3.63) is 30.3 Å². The Morgan fingerprint density at radius 2 is 1.65 bits per heavy atom. The van der Waals surface area contributed by atoms with Crippen molar-refractivity contribution in [2.75, 3.05) is 6.61 Å². The molecular formula is C11H13O8P. The van der Waals surface area contributed by atoms with E-state index in [2.05, 4.69) is 0 Å². The van der Waals surface area contributed by atoms with E-state index in [9.17, 15) is 14.2 Å². The number of carboxylic acid groups (broad SMARTS) is 2. The highest BCUT2D eigenvalue weighted by Crippen LogP contribution is 2.45. The molecule has 20 heavy (non-hydrogen) atoms. The van der Waals surface area contributed by atoms with Crippen LogP contribution in [-0.2, 0) is 14.2 Å². The van der Waals surface area contributed by atoms with Gasteiger partial charge in [0.05, 0.1) is 0 Å². The lowest BCUT2D eigenvalue weighted by Crippen LogP contribution is -2.38. The third kappa shape index (κ3) is 4.34. The lowest BCUT2D eigenvalue weighted by molar-refractivity contribution is -0.149. The Morgan fingerprint density at radius 3 is 2.05 bits per heavy atom. The minimum absolute atomic E-state index is 0.272. The van der Waals surface area contributed by atoms with Crippen molar-refractivity contribution >= 4 is 19.5 Å². The molecule has 1 aromatic rings. The van der Waals surface area contributed by atoms with Crippen molar-refractivity contribution in [1.82, 2.24) is 0 Å². The van der Waals surface area contributed by atoms with E-state index in [1.54, 1.807) is 18.2 Å². The predicted octanol–water partition coefficient (Wildman–Crippen LogP) is 0.397. The van der Waals surface area contributed by atoms with Gasteiger partial charge in [-0.05, 0) is 12.1 Å². The Labute approximate surface area is 113 Å². The molecule has 0 aliphatic heterocycles. The Balaban J connectivity index is 2.91. The second-order valence-electron chi connectivity index (χ2n) is 3.94. The van der Waals surface area contributed by atoms with E-state index in [0.29, 0.717) is 0 Å². The van der Waals surface area contributed by atoms with E-state index in [0.717, 1.165) is 0 Å². The van der Waals surface area contributed by atoms with E-state index in [1.807, 2.05) is 0 Å². The first-order valence-corrected chi connectivity index (χ1v) is 7.10. The zero-order valence-corrected chi connectivity index (χ0v) is 11.0. The molecule has 0 saturated heterocycles. The molecule has 0 aromatic heterocycles. The Hall–Kier alpha value is -1.89. The van der Waals surface area contributed by atoms with E-state index >= 15 is 0 Å². The summed E-state index contributed by atoms with van der Waals surface area (Å²) < 4.78 is 16.2. The van der Waals surface area contributed by atoms with Crippen LogP contribution in [0.3, 0.4) is 0 Å². The zero-order valence-electron chi connectivity index (χ0n) is 10.1. The molecule has 1 rings (SSSR count). The molecule has 110 valence electrons. The first-order chi connectivity index (χ1) is 9.23. The molecule has 1 aromatic carbocycles. The molecule has 0 fully saturated rings. The van der Waals surface area contributed by atoms with E-state index < -0.39 is 37.7 Å². The molecule has 4 N–H and O–H groups in total. The van der Waals surface area contributed by atoms with E-state index in [4.69, 9.17) is 24.7 Å². The van der Waals surface area contributed by atoms with Crippen molar-refractivity contribution in [3.8, 4) is 5.75 Å². The summed E-state index contributed by atoms with van der Waals surface area (Å²) in [5.74, 6) is -5.14. The highest BCUT2D eigenvalue weighted by atomic mass is 31.2. The van der Waals surface area contributed by atoms with Gasteiger partial charge in [-0.25, -0.2) is 0 Å². The van der Waals surface area contributed by atoms with Gasteiger partial charge in [-0.3, -0.25) is 14.2 Å². The van der Waals surface area contributed by atoms with Crippen LogP contribution in [0.15, 0.2) is 30.3 Å². The van der Waals surface area contributed by atoms with Gasteiger partial charge in [0, 0.05) is 0 Å². The molecule has 2 atom stereocenters. The molecule has 0 aliphatic carbocycles. The average Bonchev–Trinajstić information content (AvgIpc) is 2.33. The second kappa shape index (κ2) is 6.51. The van der Waals surface area contributed by atoms with Crippen LogP contribution in [0.5, 0.6) is 5.75 Å². The predicted molar refractivity (Wildman–Crippen MR) is 66.5 cm³/mol. The van der Waals surface area contributed by atoms with Gasteiger partial charge in [0.25, 0.3) is 0 Å². The van der Waals surface area contributed by atoms with Crippen molar-refractivity contribution in [2.45, 2.75) is 5.66 Å². The fourth-order valence-electron chi connectivity index (χ4n) is 1.55. The molecule has 0 amide bonds.